The Morgan fingerprint density at radius 3 is 2.71 bits per heavy atom. The lowest BCUT2D eigenvalue weighted by Crippen LogP contribution is -2.02. The van der Waals surface area contributed by atoms with E-state index in [-0.39, 0.29) is 5.78 Å². The van der Waals surface area contributed by atoms with Gasteiger partial charge in [-0.25, -0.2) is 0 Å². The van der Waals surface area contributed by atoms with Crippen molar-refractivity contribution in [2.24, 2.45) is 0 Å². The number of allylic oxidation sites excluding steroid dienone is 5. The summed E-state index contributed by atoms with van der Waals surface area (Å²) in [4.78, 5) is 12.1. The molecule has 0 aliphatic rings. The number of carbonyl (C=O) groups excluding carboxylic acids is 1. The minimum Gasteiger partial charge on any atom is -0.289 e. The predicted octanol–water partition coefficient (Wildman–Crippen LogP) is 4.52. The quantitative estimate of drug-likeness (QED) is 0.434. The summed E-state index contributed by atoms with van der Waals surface area (Å²) < 4.78 is 0. The molecule has 0 aliphatic heterocycles. The second-order valence-electron chi connectivity index (χ2n) is 3.70. The van der Waals surface area contributed by atoms with E-state index in [1.165, 1.54) is 0 Å². The molecule has 0 N–H and O–H groups in total. The molecule has 2 heteroatoms. The minimum atomic E-state index is -0.0919. The van der Waals surface area contributed by atoms with Gasteiger partial charge in [0.2, 0.25) is 0 Å². The fourth-order valence-corrected chi connectivity index (χ4v) is 1.54. The molecule has 0 bridgehead atoms. The van der Waals surface area contributed by atoms with Crippen molar-refractivity contribution in [1.29, 1.82) is 0 Å². The van der Waals surface area contributed by atoms with Crippen LogP contribution < -0.4 is 0 Å². The fraction of sp³-hybridized carbons (Fsp3) is 0.133. The van der Waals surface area contributed by atoms with Gasteiger partial charge in [0.15, 0.2) is 5.78 Å². The van der Waals surface area contributed by atoms with Gasteiger partial charge in [-0.1, -0.05) is 48.6 Å². The summed E-state index contributed by atoms with van der Waals surface area (Å²) in [5.74, 6) is -0.0919. The van der Waals surface area contributed by atoms with Gasteiger partial charge in [0.1, 0.15) is 0 Å². The summed E-state index contributed by atoms with van der Waals surface area (Å²) in [5.41, 5.74) is 1.96. The summed E-state index contributed by atoms with van der Waals surface area (Å²) in [6.45, 7) is 7.55. The van der Waals surface area contributed by atoms with Crippen LogP contribution in [0.3, 0.4) is 0 Å². The van der Waals surface area contributed by atoms with Crippen molar-refractivity contribution in [3.8, 4) is 0 Å². The van der Waals surface area contributed by atoms with Gasteiger partial charge in [0, 0.05) is 16.2 Å². The maximum Gasteiger partial charge on any atom is 0.192 e. The van der Waals surface area contributed by atoms with Crippen molar-refractivity contribution in [2.75, 3.05) is 0 Å². The number of benzene rings is 1. The molecule has 1 aromatic rings. The monoisotopic (exact) mass is 246 g/mol. The van der Waals surface area contributed by atoms with E-state index in [9.17, 15) is 4.79 Å². The molecule has 0 atom stereocenters. The van der Waals surface area contributed by atoms with E-state index in [1.807, 2.05) is 32.1 Å². The lowest BCUT2D eigenvalue weighted by atomic mass is 10.00. The maximum absolute atomic E-state index is 12.1. The van der Waals surface area contributed by atoms with Crippen LogP contribution in [-0.2, 0) is 0 Å². The van der Waals surface area contributed by atoms with Crippen molar-refractivity contribution in [3.63, 3.8) is 0 Å². The highest BCUT2D eigenvalue weighted by Gasteiger charge is 2.11. The lowest BCUT2D eigenvalue weighted by molar-refractivity contribution is 0.103. The van der Waals surface area contributed by atoms with Gasteiger partial charge in [-0.3, -0.25) is 4.79 Å². The lowest BCUT2D eigenvalue weighted by Gasteiger charge is -2.05. The van der Waals surface area contributed by atoms with Gasteiger partial charge in [0.25, 0.3) is 0 Å². The van der Waals surface area contributed by atoms with Crippen LogP contribution in [0, 0.1) is 6.92 Å². The number of hydrogen-bond donors (Lipinski definition) is 0. The third-order valence-electron chi connectivity index (χ3n) is 2.34. The normalized spacial score (nSPS) is 11.2. The highest BCUT2D eigenvalue weighted by Crippen LogP contribution is 2.18. The molecule has 88 valence electrons. The van der Waals surface area contributed by atoms with E-state index in [0.717, 1.165) is 5.56 Å². The maximum atomic E-state index is 12.1. The van der Waals surface area contributed by atoms with Gasteiger partial charge in [-0.15, -0.1) is 0 Å². The molecule has 0 fully saturated rings. The van der Waals surface area contributed by atoms with Crippen LogP contribution in [0.4, 0.5) is 0 Å². The average Bonchev–Trinajstić information content (AvgIpc) is 2.31. The van der Waals surface area contributed by atoms with Crippen molar-refractivity contribution < 1.29 is 4.79 Å². The van der Waals surface area contributed by atoms with E-state index in [1.54, 1.807) is 24.3 Å². The first-order valence-electron chi connectivity index (χ1n) is 5.35. The Balaban J connectivity index is 2.96. The van der Waals surface area contributed by atoms with E-state index < -0.39 is 0 Å². The molecule has 0 radical (unpaired) electrons. The topological polar surface area (TPSA) is 17.1 Å². The highest BCUT2D eigenvalue weighted by molar-refractivity contribution is 6.31. The number of rotatable bonds is 4. The molecule has 1 aromatic carbocycles. The third-order valence-corrected chi connectivity index (χ3v) is 2.57. The number of halogens is 1. The number of Topliss-reactive ketones (excluding diaryl/α,β-unsaturated/α-hetero) is 1. The van der Waals surface area contributed by atoms with Crippen LogP contribution in [0.2, 0.25) is 5.02 Å². The fourth-order valence-electron chi connectivity index (χ4n) is 1.37. The number of hydrogen-bond acceptors (Lipinski definition) is 1. The second-order valence-corrected chi connectivity index (χ2v) is 4.13. The summed E-state index contributed by atoms with van der Waals surface area (Å²) >= 11 is 5.88. The smallest absolute Gasteiger partial charge is 0.192 e. The van der Waals surface area contributed by atoms with Crippen LogP contribution >= 0.6 is 11.6 Å². The first kappa shape index (κ1) is 13.5. The zero-order valence-electron chi connectivity index (χ0n) is 10.0. The summed E-state index contributed by atoms with van der Waals surface area (Å²) in [7, 11) is 0. The van der Waals surface area contributed by atoms with Gasteiger partial charge >= 0.3 is 0 Å². The van der Waals surface area contributed by atoms with Crippen LogP contribution in [0.5, 0.6) is 0 Å². The van der Waals surface area contributed by atoms with Gasteiger partial charge in [0.05, 0.1) is 0 Å². The molecule has 0 spiro atoms. The Hall–Kier alpha value is -1.60. The van der Waals surface area contributed by atoms with Gasteiger partial charge in [-0.05, 0) is 31.5 Å². The Morgan fingerprint density at radius 1 is 1.35 bits per heavy atom. The molecule has 0 amide bonds. The molecule has 0 saturated heterocycles. The van der Waals surface area contributed by atoms with Crippen molar-refractivity contribution >= 4 is 17.4 Å². The van der Waals surface area contributed by atoms with Crippen molar-refractivity contribution in [2.45, 2.75) is 13.8 Å². The molecule has 0 unspecified atom stereocenters. The molecule has 1 nitrogen and oxygen atoms in total. The first-order valence-corrected chi connectivity index (χ1v) is 5.73. The summed E-state index contributed by atoms with van der Waals surface area (Å²) in [5, 5.41) is 0.559. The highest BCUT2D eigenvalue weighted by atomic mass is 35.5. The summed E-state index contributed by atoms with van der Waals surface area (Å²) in [6, 6.07) is 5.28. The average molecular weight is 247 g/mol. The van der Waals surface area contributed by atoms with E-state index in [2.05, 4.69) is 6.58 Å². The molecule has 0 aliphatic carbocycles. The second kappa shape index (κ2) is 6.21. The minimum absolute atomic E-state index is 0.0919. The number of ketones is 1. The number of carbonyl (C=O) groups is 1. The van der Waals surface area contributed by atoms with Crippen LogP contribution in [-0.4, -0.2) is 5.78 Å². The van der Waals surface area contributed by atoms with Gasteiger partial charge in [-0.2, -0.15) is 0 Å². The Morgan fingerprint density at radius 2 is 2.06 bits per heavy atom. The molecule has 0 saturated carbocycles. The molecule has 1 rings (SSSR count). The zero-order chi connectivity index (χ0) is 12.8. The van der Waals surface area contributed by atoms with Crippen molar-refractivity contribution in [3.05, 3.63) is 70.8 Å². The largest absolute Gasteiger partial charge is 0.289 e. The first-order chi connectivity index (χ1) is 8.06. The number of aryl methyl sites for hydroxylation is 1. The van der Waals surface area contributed by atoms with Crippen LogP contribution in [0.25, 0.3) is 0 Å². The van der Waals surface area contributed by atoms with E-state index in [0.29, 0.717) is 16.2 Å². The van der Waals surface area contributed by atoms with E-state index >= 15 is 0 Å². The van der Waals surface area contributed by atoms with Crippen LogP contribution in [0.1, 0.15) is 22.8 Å². The van der Waals surface area contributed by atoms with Crippen LogP contribution in [0.15, 0.2) is 54.7 Å². The van der Waals surface area contributed by atoms with E-state index in [4.69, 9.17) is 11.6 Å². The predicted molar refractivity (Wildman–Crippen MR) is 73.6 cm³/mol. The molecule has 0 aromatic heterocycles. The Bertz CT molecular complexity index is 496. The molecular formula is C15H15ClO. The molecule has 17 heavy (non-hydrogen) atoms. The molecule has 0 heterocycles. The summed E-state index contributed by atoms with van der Waals surface area (Å²) in [6.07, 6.45) is 7.23. The Labute approximate surface area is 107 Å². The Kier molecular flexibility index (Phi) is 4.92. The molecular weight excluding hydrogens is 232 g/mol. The van der Waals surface area contributed by atoms with Gasteiger partial charge < -0.3 is 0 Å². The van der Waals surface area contributed by atoms with Crippen molar-refractivity contribution in [1.82, 2.24) is 0 Å². The SMILES string of the molecule is C=C(/C=C\C=C/C)C(=O)c1cc(Cl)ccc1C. The zero-order valence-corrected chi connectivity index (χ0v) is 10.8. The standard InChI is InChI=1S/C15H15ClO/c1-4-5-6-7-12(3)15(17)14-10-13(16)9-8-11(14)2/h4-10H,3H2,1-2H3/b5-4-,7-6-. The third kappa shape index (κ3) is 3.72.